The second-order valence-corrected chi connectivity index (χ2v) is 4.20. The van der Waals surface area contributed by atoms with Crippen LogP contribution in [0.1, 0.15) is 18.5 Å². The van der Waals surface area contributed by atoms with Gasteiger partial charge in [0, 0.05) is 18.7 Å². The summed E-state index contributed by atoms with van der Waals surface area (Å²) in [6.45, 7) is 0.637. The number of carbonyl (C=O) groups is 1. The lowest BCUT2D eigenvalue weighted by Crippen LogP contribution is -2.31. The fraction of sp³-hybridized carbons (Fsp3) is 0.500. The molecule has 1 fully saturated rings. The molecule has 0 spiro atoms. The maximum Gasteiger partial charge on any atom is 0.317 e. The number of ether oxygens (including phenoxy) is 1. The van der Waals surface area contributed by atoms with Crippen LogP contribution in [0.4, 0.5) is 0 Å². The second kappa shape index (κ2) is 5.14. The molecule has 5 heteroatoms. The molecule has 0 radical (unpaired) electrons. The molecule has 92 valence electrons. The van der Waals surface area contributed by atoms with Gasteiger partial charge in [-0.25, -0.2) is 4.98 Å². The molecule has 1 N–H and O–H groups in total. The Labute approximate surface area is 100 Å². The number of carboxylic acid groups (broad SMARTS) is 1. The smallest absolute Gasteiger partial charge is 0.317 e. The van der Waals surface area contributed by atoms with Crippen LogP contribution in [0.3, 0.4) is 0 Å². The molecule has 1 aliphatic carbocycles. The van der Waals surface area contributed by atoms with Gasteiger partial charge in [-0.2, -0.15) is 0 Å². The zero-order valence-electron chi connectivity index (χ0n) is 9.80. The fourth-order valence-electron chi connectivity index (χ4n) is 1.79. The van der Waals surface area contributed by atoms with Gasteiger partial charge >= 0.3 is 5.97 Å². The maximum absolute atomic E-state index is 10.8. The summed E-state index contributed by atoms with van der Waals surface area (Å²) in [6.07, 6.45) is 2.16. The lowest BCUT2D eigenvalue weighted by Gasteiger charge is -2.19. The Hall–Kier alpha value is -1.62. The van der Waals surface area contributed by atoms with E-state index in [1.807, 2.05) is 17.0 Å². The maximum atomic E-state index is 10.8. The average Bonchev–Trinajstić information content (AvgIpc) is 3.12. The number of pyridine rings is 1. The molecular weight excluding hydrogens is 220 g/mol. The van der Waals surface area contributed by atoms with Crippen molar-refractivity contribution in [2.75, 3.05) is 13.7 Å². The van der Waals surface area contributed by atoms with Crippen LogP contribution in [0, 0.1) is 0 Å². The number of methoxy groups -OCH3 is 1. The molecule has 0 unspecified atom stereocenters. The Bertz CT molecular complexity index is 404. The molecule has 0 aromatic carbocycles. The van der Waals surface area contributed by atoms with E-state index in [1.165, 1.54) is 0 Å². The van der Waals surface area contributed by atoms with E-state index in [2.05, 4.69) is 4.98 Å². The first-order valence-electron chi connectivity index (χ1n) is 5.65. The first-order chi connectivity index (χ1) is 8.19. The molecule has 1 aromatic heterocycles. The molecule has 0 bridgehead atoms. The highest BCUT2D eigenvalue weighted by Gasteiger charge is 2.30. The minimum atomic E-state index is -0.792. The van der Waals surface area contributed by atoms with Gasteiger partial charge in [-0.1, -0.05) is 6.07 Å². The van der Waals surface area contributed by atoms with Crippen LogP contribution >= 0.6 is 0 Å². The van der Waals surface area contributed by atoms with Crippen molar-refractivity contribution in [1.82, 2.24) is 9.88 Å². The van der Waals surface area contributed by atoms with E-state index >= 15 is 0 Å². The van der Waals surface area contributed by atoms with Crippen LogP contribution in [0.15, 0.2) is 18.2 Å². The fourth-order valence-corrected chi connectivity index (χ4v) is 1.79. The third-order valence-corrected chi connectivity index (χ3v) is 2.76. The van der Waals surface area contributed by atoms with E-state index in [0.29, 0.717) is 18.5 Å². The van der Waals surface area contributed by atoms with Crippen LogP contribution in [0.25, 0.3) is 0 Å². The second-order valence-electron chi connectivity index (χ2n) is 4.20. The van der Waals surface area contributed by atoms with Crippen molar-refractivity contribution in [2.45, 2.75) is 25.4 Å². The minimum absolute atomic E-state index is 0.0730. The molecule has 1 aliphatic rings. The molecule has 17 heavy (non-hydrogen) atoms. The number of carboxylic acids is 1. The number of aromatic nitrogens is 1. The molecule has 1 heterocycles. The predicted octanol–water partition coefficient (Wildman–Crippen LogP) is 1.14. The summed E-state index contributed by atoms with van der Waals surface area (Å²) < 4.78 is 5.05. The molecule has 1 saturated carbocycles. The largest absolute Gasteiger partial charge is 0.481 e. The molecular formula is C12H16N2O3. The number of rotatable bonds is 6. The highest BCUT2D eigenvalue weighted by molar-refractivity contribution is 5.69. The van der Waals surface area contributed by atoms with E-state index in [4.69, 9.17) is 9.84 Å². The Morgan fingerprint density at radius 1 is 1.59 bits per heavy atom. The highest BCUT2D eigenvalue weighted by Crippen LogP contribution is 2.27. The van der Waals surface area contributed by atoms with E-state index in [9.17, 15) is 4.79 Å². The van der Waals surface area contributed by atoms with Crippen molar-refractivity contribution < 1.29 is 14.6 Å². The minimum Gasteiger partial charge on any atom is -0.481 e. The quantitative estimate of drug-likeness (QED) is 0.802. The number of hydrogen-bond acceptors (Lipinski definition) is 4. The monoisotopic (exact) mass is 236 g/mol. The predicted molar refractivity (Wildman–Crippen MR) is 61.9 cm³/mol. The van der Waals surface area contributed by atoms with Crippen molar-refractivity contribution in [3.05, 3.63) is 23.9 Å². The molecule has 0 aliphatic heterocycles. The average molecular weight is 236 g/mol. The van der Waals surface area contributed by atoms with Crippen LogP contribution in [0.2, 0.25) is 0 Å². The molecule has 0 amide bonds. The van der Waals surface area contributed by atoms with Gasteiger partial charge < -0.3 is 9.84 Å². The number of hydrogen-bond donors (Lipinski definition) is 1. The first-order valence-corrected chi connectivity index (χ1v) is 5.65. The van der Waals surface area contributed by atoms with Crippen LogP contribution in [0.5, 0.6) is 5.88 Å². The Balaban J connectivity index is 2.03. The van der Waals surface area contributed by atoms with Crippen LogP contribution in [-0.4, -0.2) is 40.7 Å². The summed E-state index contributed by atoms with van der Waals surface area (Å²) in [5.74, 6) is -0.228. The Morgan fingerprint density at radius 2 is 2.35 bits per heavy atom. The van der Waals surface area contributed by atoms with Crippen molar-refractivity contribution in [3.63, 3.8) is 0 Å². The summed E-state index contributed by atoms with van der Waals surface area (Å²) >= 11 is 0. The van der Waals surface area contributed by atoms with Gasteiger partial charge in [-0.05, 0) is 18.9 Å². The lowest BCUT2D eigenvalue weighted by molar-refractivity contribution is -0.138. The van der Waals surface area contributed by atoms with E-state index < -0.39 is 5.97 Å². The Morgan fingerprint density at radius 3 is 2.94 bits per heavy atom. The molecule has 0 saturated heterocycles. The van der Waals surface area contributed by atoms with Gasteiger partial charge in [0.1, 0.15) is 0 Å². The lowest BCUT2D eigenvalue weighted by atomic mass is 10.3. The number of aliphatic carboxylic acids is 1. The summed E-state index contributed by atoms with van der Waals surface area (Å²) in [5.41, 5.74) is 0.845. The van der Waals surface area contributed by atoms with Gasteiger partial charge in [0.25, 0.3) is 0 Å². The summed E-state index contributed by atoms with van der Waals surface area (Å²) in [5, 5.41) is 8.85. The Kier molecular flexibility index (Phi) is 3.58. The zero-order valence-corrected chi connectivity index (χ0v) is 9.80. The van der Waals surface area contributed by atoms with E-state index in [0.717, 1.165) is 18.5 Å². The molecule has 5 nitrogen and oxygen atoms in total. The van der Waals surface area contributed by atoms with Crippen LogP contribution < -0.4 is 4.74 Å². The van der Waals surface area contributed by atoms with Crippen molar-refractivity contribution >= 4 is 5.97 Å². The summed E-state index contributed by atoms with van der Waals surface area (Å²) in [4.78, 5) is 17.0. The summed E-state index contributed by atoms with van der Waals surface area (Å²) in [7, 11) is 1.57. The topological polar surface area (TPSA) is 62.7 Å². The van der Waals surface area contributed by atoms with Crippen molar-refractivity contribution in [1.29, 1.82) is 0 Å². The third-order valence-electron chi connectivity index (χ3n) is 2.76. The van der Waals surface area contributed by atoms with Crippen LogP contribution in [-0.2, 0) is 11.3 Å². The standard InChI is InChI=1S/C12H16N2O3/c1-17-11-4-2-3-9(13-11)7-14(8-12(15)16)10-5-6-10/h2-4,10H,5-8H2,1H3,(H,15,16). The van der Waals surface area contributed by atoms with E-state index in [-0.39, 0.29) is 6.54 Å². The van der Waals surface area contributed by atoms with E-state index in [1.54, 1.807) is 13.2 Å². The van der Waals surface area contributed by atoms with Gasteiger partial charge in [-0.3, -0.25) is 9.69 Å². The van der Waals surface area contributed by atoms with Gasteiger partial charge in [0.15, 0.2) is 0 Å². The first kappa shape index (κ1) is 11.9. The van der Waals surface area contributed by atoms with Gasteiger partial charge in [0.05, 0.1) is 19.3 Å². The summed E-state index contributed by atoms with van der Waals surface area (Å²) in [6, 6.07) is 5.94. The van der Waals surface area contributed by atoms with Gasteiger partial charge in [0.2, 0.25) is 5.88 Å². The SMILES string of the molecule is COc1cccc(CN(CC(=O)O)C2CC2)n1. The number of nitrogens with zero attached hydrogens (tertiary/aromatic N) is 2. The zero-order chi connectivity index (χ0) is 12.3. The molecule has 2 rings (SSSR count). The van der Waals surface area contributed by atoms with Crippen molar-refractivity contribution in [3.8, 4) is 5.88 Å². The normalized spacial score (nSPS) is 14.9. The molecule has 1 aromatic rings. The highest BCUT2D eigenvalue weighted by atomic mass is 16.5. The molecule has 0 atom stereocenters. The van der Waals surface area contributed by atoms with Crippen molar-refractivity contribution in [2.24, 2.45) is 0 Å². The van der Waals surface area contributed by atoms with Gasteiger partial charge in [-0.15, -0.1) is 0 Å². The third kappa shape index (κ3) is 3.42.